The van der Waals surface area contributed by atoms with Gasteiger partial charge in [-0.15, -0.1) is 5.16 Å². The molecule has 0 aliphatic heterocycles. The summed E-state index contributed by atoms with van der Waals surface area (Å²) in [6.07, 6.45) is -16.5. The van der Waals surface area contributed by atoms with Gasteiger partial charge in [-0.1, -0.05) is 38.7 Å². The summed E-state index contributed by atoms with van der Waals surface area (Å²) >= 11 is 0. The first-order valence-electron chi connectivity index (χ1n) is 14.8. The lowest BCUT2D eigenvalue weighted by Crippen LogP contribution is -2.10. The van der Waals surface area contributed by atoms with Crippen molar-refractivity contribution in [3.05, 3.63) is 47.2 Å². The number of hydrogen-bond donors (Lipinski definition) is 4. The van der Waals surface area contributed by atoms with Crippen molar-refractivity contribution in [1.29, 1.82) is 0 Å². The zero-order valence-electron chi connectivity index (χ0n) is 29.0. The van der Waals surface area contributed by atoms with Gasteiger partial charge in [-0.2, -0.15) is 52.7 Å². The molecule has 342 valence electrons. The zero-order valence-corrected chi connectivity index (χ0v) is 29.0. The second-order valence-electron chi connectivity index (χ2n) is 9.47. The monoisotopic (exact) mass is 878 g/mol. The lowest BCUT2D eigenvalue weighted by Gasteiger charge is -2.03. The first-order chi connectivity index (χ1) is 25.2. The number of Topliss-reactive ketones (excluding diaryl/α,β-unsaturated/α-hetero) is 1. The molecule has 14 nitrogen and oxygen atoms in total. The van der Waals surface area contributed by atoms with Crippen LogP contribution in [0.1, 0.15) is 114 Å². The molecular formula is C32H50F12N4O10. The minimum absolute atomic E-state index is 0. The van der Waals surface area contributed by atoms with Crippen molar-refractivity contribution >= 4 is 30.2 Å². The largest absolute Gasteiger partial charge is 0.478 e. The van der Waals surface area contributed by atoms with E-state index in [2.05, 4.69) is 35.1 Å². The number of allylic oxidation sites excluding steroid dienone is 1. The standard InChI is InChI=1S/C8H8F3NO2.C7H6F3NO3.C6H10O2.C4H6F3NO.C4H5F3O.3CH4.H3NO/c1-5(13)6-4-14-12-7(6)2-3-8(9,10)11;8-7(9,10)2-1-5-4(6(12)13)3-14-11-5;1-3-5-6(7)8-4-2;5-4(6,7)2-1-3-8-9;5-4(6,7)2-1-3-8;;;;1-2/h4H,2-3H2,1H3;3H,1-2H2,(H,12,13);3,5H,4H2,1-2H3;3,9H,1-2H2;3H,1-2H2;3*1H4;2H,1H2/b;;5-3+;;;;;;. The third-order valence-corrected chi connectivity index (χ3v) is 4.96. The number of carbonyl (C=O) groups excluding carboxylic acids is 3. The Bertz CT molecular complexity index is 1320. The summed E-state index contributed by atoms with van der Waals surface area (Å²) in [5.74, 6) is 1.54. The Hall–Kier alpha value is -5.01. The van der Waals surface area contributed by atoms with Gasteiger partial charge in [-0.25, -0.2) is 15.5 Å². The summed E-state index contributed by atoms with van der Waals surface area (Å²) in [5.41, 5.74) is -0.326. The topological polar surface area (TPSA) is 229 Å². The number of carbonyl (C=O) groups is 4. The van der Waals surface area contributed by atoms with Crippen LogP contribution in [-0.2, 0) is 27.2 Å². The summed E-state index contributed by atoms with van der Waals surface area (Å²) in [4.78, 5) is 41.0. The molecule has 0 saturated heterocycles. The summed E-state index contributed by atoms with van der Waals surface area (Å²) in [5, 5.41) is 31.6. The Morgan fingerprint density at radius 3 is 1.43 bits per heavy atom. The highest BCUT2D eigenvalue weighted by atomic mass is 19.4. The number of aromatic nitrogens is 2. The molecule has 0 aromatic carbocycles. The van der Waals surface area contributed by atoms with Crippen LogP contribution in [0.4, 0.5) is 52.7 Å². The quantitative estimate of drug-likeness (QED) is 0.0228. The lowest BCUT2D eigenvalue weighted by atomic mass is 10.1. The maximum absolute atomic E-state index is 11.8. The Morgan fingerprint density at radius 2 is 1.14 bits per heavy atom. The Kier molecular flexibility index (Phi) is 42.4. The molecular weight excluding hydrogens is 828 g/mol. The Balaban J connectivity index is -0.000000112. The van der Waals surface area contributed by atoms with E-state index in [-0.39, 0.29) is 75.7 Å². The van der Waals surface area contributed by atoms with Crippen LogP contribution in [0.3, 0.4) is 0 Å². The second-order valence-corrected chi connectivity index (χ2v) is 9.47. The van der Waals surface area contributed by atoms with Crippen LogP contribution in [0, 0.1) is 0 Å². The number of nitrogens with zero attached hydrogens (tertiary/aromatic N) is 3. The van der Waals surface area contributed by atoms with Gasteiger partial charge in [0, 0.05) is 50.8 Å². The van der Waals surface area contributed by atoms with E-state index in [1.807, 2.05) is 0 Å². The highest BCUT2D eigenvalue weighted by Crippen LogP contribution is 2.24. The van der Waals surface area contributed by atoms with Crippen molar-refractivity contribution in [2.24, 2.45) is 11.1 Å². The fourth-order valence-electron chi connectivity index (χ4n) is 2.70. The van der Waals surface area contributed by atoms with Crippen LogP contribution in [0.25, 0.3) is 0 Å². The molecule has 5 N–H and O–H groups in total. The number of ether oxygens (including phenoxy) is 1. The highest BCUT2D eigenvalue weighted by molar-refractivity contribution is 5.94. The number of carboxylic acid groups (broad SMARTS) is 1. The first-order valence-corrected chi connectivity index (χ1v) is 14.8. The third kappa shape index (κ3) is 47.1. The van der Waals surface area contributed by atoms with Gasteiger partial charge in [0.2, 0.25) is 0 Å². The number of halogens is 12. The van der Waals surface area contributed by atoms with Gasteiger partial charge in [0.1, 0.15) is 24.4 Å². The van der Waals surface area contributed by atoms with Gasteiger partial charge in [0.25, 0.3) is 0 Å². The molecule has 0 bridgehead atoms. The number of hydrogen-bond acceptors (Lipinski definition) is 13. The summed E-state index contributed by atoms with van der Waals surface area (Å²) in [7, 11) is 0. The molecule has 2 aromatic rings. The molecule has 0 aliphatic rings. The molecule has 58 heavy (non-hydrogen) atoms. The van der Waals surface area contributed by atoms with Crippen LogP contribution in [-0.4, -0.2) is 87.4 Å². The highest BCUT2D eigenvalue weighted by Gasteiger charge is 2.30. The molecule has 0 atom stereocenters. The zero-order chi connectivity index (χ0) is 43.9. The minimum Gasteiger partial charge on any atom is -0.478 e. The maximum Gasteiger partial charge on any atom is 0.389 e. The van der Waals surface area contributed by atoms with Crippen molar-refractivity contribution in [3.63, 3.8) is 0 Å². The van der Waals surface area contributed by atoms with E-state index < -0.39 is 69.2 Å². The van der Waals surface area contributed by atoms with Crippen molar-refractivity contribution in [2.45, 2.75) is 119 Å². The fourth-order valence-corrected chi connectivity index (χ4v) is 2.70. The molecule has 2 heterocycles. The lowest BCUT2D eigenvalue weighted by molar-refractivity contribution is -0.139. The normalized spacial score (nSPS) is 10.6. The fraction of sp³-hybridized carbons (Fsp3) is 0.594. The van der Waals surface area contributed by atoms with E-state index in [9.17, 15) is 71.9 Å². The number of ketones is 1. The van der Waals surface area contributed by atoms with Gasteiger partial charge in [0.05, 0.1) is 30.0 Å². The van der Waals surface area contributed by atoms with E-state index in [0.29, 0.717) is 6.61 Å². The molecule has 2 aromatic heterocycles. The predicted molar refractivity (Wildman–Crippen MR) is 183 cm³/mol. The van der Waals surface area contributed by atoms with Crippen LogP contribution in [0.2, 0.25) is 0 Å². The van der Waals surface area contributed by atoms with Crippen LogP contribution < -0.4 is 5.90 Å². The number of aldehydes is 1. The van der Waals surface area contributed by atoms with E-state index in [0.717, 1.165) is 18.7 Å². The summed E-state index contributed by atoms with van der Waals surface area (Å²) < 4.78 is 151. The van der Waals surface area contributed by atoms with Crippen molar-refractivity contribution in [2.75, 3.05) is 6.61 Å². The molecule has 0 aliphatic carbocycles. The van der Waals surface area contributed by atoms with Crippen molar-refractivity contribution in [3.8, 4) is 0 Å². The molecule has 0 spiro atoms. The molecule has 0 unspecified atom stereocenters. The van der Waals surface area contributed by atoms with E-state index in [1.165, 1.54) is 13.0 Å². The smallest absolute Gasteiger partial charge is 0.389 e. The average molecular weight is 879 g/mol. The summed E-state index contributed by atoms with van der Waals surface area (Å²) in [6, 6.07) is 0. The third-order valence-electron chi connectivity index (χ3n) is 4.96. The van der Waals surface area contributed by atoms with Gasteiger partial charge in [0.15, 0.2) is 5.78 Å². The number of alkyl halides is 12. The van der Waals surface area contributed by atoms with Gasteiger partial charge in [-0.3, -0.25) is 4.79 Å². The second kappa shape index (κ2) is 36.3. The van der Waals surface area contributed by atoms with E-state index in [4.69, 9.17) is 15.5 Å². The molecule has 0 radical (unpaired) electrons. The van der Waals surface area contributed by atoms with Crippen LogP contribution in [0.5, 0.6) is 0 Å². The number of aromatic carboxylic acids is 1. The number of aryl methyl sites for hydroxylation is 2. The summed E-state index contributed by atoms with van der Waals surface area (Å²) in [6.45, 7) is 5.26. The maximum atomic E-state index is 11.8. The number of oxime groups is 1. The van der Waals surface area contributed by atoms with E-state index >= 15 is 0 Å². The average Bonchev–Trinajstić information content (AvgIpc) is 3.73. The molecule has 0 amide bonds. The first kappa shape index (κ1) is 67.7. The van der Waals surface area contributed by atoms with Crippen LogP contribution >= 0.6 is 0 Å². The number of carboxylic acids is 1. The van der Waals surface area contributed by atoms with Crippen molar-refractivity contribution in [1.82, 2.24) is 10.3 Å². The minimum atomic E-state index is -4.32. The number of nitrogens with two attached hydrogens (primary N) is 1. The molecule has 2 rings (SSSR count). The van der Waals surface area contributed by atoms with Gasteiger partial charge >= 0.3 is 36.6 Å². The van der Waals surface area contributed by atoms with Crippen LogP contribution in [0.15, 0.2) is 38.9 Å². The molecule has 0 saturated carbocycles. The predicted octanol–water partition coefficient (Wildman–Crippen LogP) is 9.92. The number of esters is 1. The molecule has 26 heteroatoms. The van der Waals surface area contributed by atoms with E-state index in [1.54, 1.807) is 19.9 Å². The Morgan fingerprint density at radius 1 is 0.759 bits per heavy atom. The van der Waals surface area contributed by atoms with Gasteiger partial charge < -0.3 is 34.1 Å². The van der Waals surface area contributed by atoms with Crippen molar-refractivity contribution < 1.29 is 101 Å². The SMILES string of the molecule is C.C.C.C/C=C/C(=O)OCC.CC(=O)c1conc1CCC(F)(F)F.NO.O=C(O)c1conc1CCC(F)(F)F.O=CCCC(F)(F)F.ON=CCCC(F)(F)F. The van der Waals surface area contributed by atoms with Gasteiger partial charge in [-0.05, 0) is 27.2 Å². The molecule has 0 fully saturated rings. The Labute approximate surface area is 326 Å². The number of rotatable bonds is 12.